The highest BCUT2D eigenvalue weighted by molar-refractivity contribution is 6.31. The van der Waals surface area contributed by atoms with Crippen molar-refractivity contribution in [3.63, 3.8) is 0 Å². The van der Waals surface area contributed by atoms with Crippen LogP contribution in [0, 0.1) is 6.92 Å². The third-order valence-electron chi connectivity index (χ3n) is 5.05. The fourth-order valence-electron chi connectivity index (χ4n) is 3.49. The standard InChI is InChI=1S/C26H22Cl2N2O3/c1-3-32-26(31)22-5-4-6-25(29-22)30-17(2)7-13-23(30)21-15-20(28)12-14-24(21)33-16-18-8-10-19(27)11-9-18/h4-15H,3,16H2,1-2H3. The van der Waals surface area contributed by atoms with Crippen LogP contribution in [0.15, 0.2) is 72.8 Å². The minimum atomic E-state index is -0.458. The van der Waals surface area contributed by atoms with Crippen molar-refractivity contribution in [2.75, 3.05) is 6.61 Å². The van der Waals surface area contributed by atoms with Crippen molar-refractivity contribution in [3.8, 4) is 22.8 Å². The SMILES string of the molecule is CCOC(=O)c1cccc(-n2c(C)ccc2-c2cc(Cl)ccc2OCc2ccc(Cl)cc2)n1. The number of nitrogens with zero attached hydrogens (tertiary/aromatic N) is 2. The van der Waals surface area contributed by atoms with E-state index in [0.29, 0.717) is 28.2 Å². The maximum absolute atomic E-state index is 12.2. The molecule has 2 heterocycles. The smallest absolute Gasteiger partial charge is 0.356 e. The quantitative estimate of drug-likeness (QED) is 0.269. The maximum atomic E-state index is 12.2. The van der Waals surface area contributed by atoms with Gasteiger partial charge >= 0.3 is 5.97 Å². The Kier molecular flexibility index (Phi) is 7.02. The Labute approximate surface area is 202 Å². The molecule has 4 aromatic rings. The fraction of sp³-hybridized carbons (Fsp3) is 0.154. The van der Waals surface area contributed by atoms with Gasteiger partial charge in [-0.2, -0.15) is 0 Å². The second-order valence-corrected chi connectivity index (χ2v) is 8.23. The van der Waals surface area contributed by atoms with Gasteiger partial charge in [-0.3, -0.25) is 4.57 Å². The van der Waals surface area contributed by atoms with E-state index in [1.165, 1.54) is 0 Å². The molecular formula is C26H22Cl2N2O3. The molecule has 7 heteroatoms. The summed E-state index contributed by atoms with van der Waals surface area (Å²) in [5.74, 6) is 0.817. The normalized spacial score (nSPS) is 10.8. The van der Waals surface area contributed by atoms with E-state index in [-0.39, 0.29) is 12.3 Å². The van der Waals surface area contributed by atoms with Crippen molar-refractivity contribution in [1.29, 1.82) is 0 Å². The Morgan fingerprint density at radius 3 is 2.48 bits per heavy atom. The summed E-state index contributed by atoms with van der Waals surface area (Å²) in [7, 11) is 0. The van der Waals surface area contributed by atoms with Crippen LogP contribution in [0.3, 0.4) is 0 Å². The number of hydrogen-bond acceptors (Lipinski definition) is 4. The molecule has 4 rings (SSSR count). The Hall–Kier alpha value is -3.28. The van der Waals surface area contributed by atoms with Crippen LogP contribution in [-0.4, -0.2) is 22.1 Å². The summed E-state index contributed by atoms with van der Waals surface area (Å²) in [5, 5.41) is 1.26. The second-order valence-electron chi connectivity index (χ2n) is 7.35. The molecule has 0 unspecified atom stereocenters. The molecule has 0 aliphatic rings. The molecule has 0 N–H and O–H groups in total. The first-order chi connectivity index (χ1) is 16.0. The van der Waals surface area contributed by atoms with E-state index < -0.39 is 5.97 Å². The third kappa shape index (κ3) is 5.21. The Morgan fingerprint density at radius 2 is 1.73 bits per heavy atom. The number of ether oxygens (including phenoxy) is 2. The highest BCUT2D eigenvalue weighted by atomic mass is 35.5. The number of hydrogen-bond donors (Lipinski definition) is 0. The molecule has 0 aliphatic heterocycles. The molecule has 0 atom stereocenters. The lowest BCUT2D eigenvalue weighted by Crippen LogP contribution is -2.10. The first-order valence-electron chi connectivity index (χ1n) is 10.5. The molecule has 2 aromatic carbocycles. The molecule has 0 amide bonds. The van der Waals surface area contributed by atoms with Gasteiger partial charge in [0.25, 0.3) is 0 Å². The van der Waals surface area contributed by atoms with Crippen molar-refractivity contribution in [2.45, 2.75) is 20.5 Å². The summed E-state index contributed by atoms with van der Waals surface area (Å²) in [4.78, 5) is 16.7. The van der Waals surface area contributed by atoms with Crippen LogP contribution in [0.5, 0.6) is 5.75 Å². The molecule has 0 bridgehead atoms. The zero-order valence-corrected chi connectivity index (χ0v) is 19.7. The number of esters is 1. The van der Waals surface area contributed by atoms with Gasteiger partial charge in [0.2, 0.25) is 0 Å². The van der Waals surface area contributed by atoms with E-state index in [4.69, 9.17) is 32.7 Å². The number of carbonyl (C=O) groups excluding carboxylic acids is 1. The van der Waals surface area contributed by atoms with Crippen molar-refractivity contribution < 1.29 is 14.3 Å². The number of aryl methyl sites for hydroxylation is 1. The number of benzene rings is 2. The zero-order chi connectivity index (χ0) is 23.4. The minimum Gasteiger partial charge on any atom is -0.488 e. The van der Waals surface area contributed by atoms with Crippen LogP contribution in [-0.2, 0) is 11.3 Å². The highest BCUT2D eigenvalue weighted by Crippen LogP contribution is 2.35. The molecule has 0 fully saturated rings. The average Bonchev–Trinajstić information content (AvgIpc) is 3.20. The Bertz CT molecular complexity index is 1280. The van der Waals surface area contributed by atoms with E-state index in [0.717, 1.165) is 22.5 Å². The monoisotopic (exact) mass is 480 g/mol. The highest BCUT2D eigenvalue weighted by Gasteiger charge is 2.17. The van der Waals surface area contributed by atoms with Gasteiger partial charge < -0.3 is 9.47 Å². The van der Waals surface area contributed by atoms with Crippen LogP contribution >= 0.6 is 23.2 Å². The third-order valence-corrected chi connectivity index (χ3v) is 5.54. The first kappa shape index (κ1) is 22.9. The summed E-state index contributed by atoms with van der Waals surface area (Å²) < 4.78 is 13.2. The number of pyridine rings is 1. The minimum absolute atomic E-state index is 0.249. The zero-order valence-electron chi connectivity index (χ0n) is 18.2. The molecule has 0 aliphatic carbocycles. The predicted octanol–water partition coefficient (Wildman–Crippen LogP) is 6.91. The number of rotatable bonds is 7. The van der Waals surface area contributed by atoms with Crippen molar-refractivity contribution in [2.24, 2.45) is 0 Å². The van der Waals surface area contributed by atoms with E-state index in [9.17, 15) is 4.79 Å². The van der Waals surface area contributed by atoms with Crippen molar-refractivity contribution in [3.05, 3.63) is 99.8 Å². The molecule has 5 nitrogen and oxygen atoms in total. The average molecular weight is 481 g/mol. The second kappa shape index (κ2) is 10.1. The lowest BCUT2D eigenvalue weighted by atomic mass is 10.1. The molecule has 168 valence electrons. The summed E-state index contributed by atoms with van der Waals surface area (Å²) in [5.41, 5.74) is 3.85. The lowest BCUT2D eigenvalue weighted by molar-refractivity contribution is 0.0519. The summed E-state index contributed by atoms with van der Waals surface area (Å²) >= 11 is 12.3. The summed E-state index contributed by atoms with van der Waals surface area (Å²) in [6, 6.07) is 22.3. The van der Waals surface area contributed by atoms with Gasteiger partial charge in [-0.1, -0.05) is 41.4 Å². The van der Waals surface area contributed by atoms with Crippen LogP contribution in [0.4, 0.5) is 0 Å². The fourth-order valence-corrected chi connectivity index (χ4v) is 3.79. The van der Waals surface area contributed by atoms with Gasteiger partial charge in [0.05, 0.1) is 12.3 Å². The van der Waals surface area contributed by atoms with Crippen molar-refractivity contribution in [1.82, 2.24) is 9.55 Å². The van der Waals surface area contributed by atoms with E-state index in [1.54, 1.807) is 25.1 Å². The van der Waals surface area contributed by atoms with E-state index in [2.05, 4.69) is 4.98 Å². The topological polar surface area (TPSA) is 53.4 Å². The Balaban J connectivity index is 1.72. The van der Waals surface area contributed by atoms with Gasteiger partial charge in [0.1, 0.15) is 18.2 Å². The van der Waals surface area contributed by atoms with Gasteiger partial charge in [-0.15, -0.1) is 0 Å². The van der Waals surface area contributed by atoms with Gasteiger partial charge in [-0.25, -0.2) is 9.78 Å². The molecule has 2 aromatic heterocycles. The Morgan fingerprint density at radius 1 is 0.970 bits per heavy atom. The maximum Gasteiger partial charge on any atom is 0.356 e. The van der Waals surface area contributed by atoms with E-state index in [1.807, 2.05) is 66.1 Å². The molecule has 0 radical (unpaired) electrons. The van der Waals surface area contributed by atoms with Crippen LogP contribution in [0.2, 0.25) is 10.0 Å². The van der Waals surface area contributed by atoms with Gasteiger partial charge in [-0.05, 0) is 74.0 Å². The lowest BCUT2D eigenvalue weighted by Gasteiger charge is -2.16. The molecule has 0 saturated heterocycles. The predicted molar refractivity (Wildman–Crippen MR) is 130 cm³/mol. The number of aromatic nitrogens is 2. The van der Waals surface area contributed by atoms with E-state index >= 15 is 0 Å². The molecule has 0 spiro atoms. The summed E-state index contributed by atoms with van der Waals surface area (Å²) in [6.07, 6.45) is 0. The molecule has 33 heavy (non-hydrogen) atoms. The van der Waals surface area contributed by atoms with Crippen LogP contribution < -0.4 is 4.74 Å². The van der Waals surface area contributed by atoms with Gasteiger partial charge in [0.15, 0.2) is 5.69 Å². The molecular weight excluding hydrogens is 459 g/mol. The van der Waals surface area contributed by atoms with Crippen LogP contribution in [0.1, 0.15) is 28.7 Å². The van der Waals surface area contributed by atoms with Crippen molar-refractivity contribution >= 4 is 29.2 Å². The first-order valence-corrected chi connectivity index (χ1v) is 11.2. The number of carbonyl (C=O) groups is 1. The number of halogens is 2. The summed E-state index contributed by atoms with van der Waals surface area (Å²) in [6.45, 7) is 4.40. The van der Waals surface area contributed by atoms with Gasteiger partial charge in [0, 0.05) is 21.3 Å². The molecule has 0 saturated carbocycles. The van der Waals surface area contributed by atoms with Crippen LogP contribution in [0.25, 0.3) is 17.1 Å². The largest absolute Gasteiger partial charge is 0.488 e.